The lowest BCUT2D eigenvalue weighted by molar-refractivity contribution is -0.134. The molecular formula is C21H34O3. The molecule has 0 aromatic carbocycles. The van der Waals surface area contributed by atoms with Crippen molar-refractivity contribution in [1.29, 1.82) is 0 Å². The zero-order valence-corrected chi connectivity index (χ0v) is 15.3. The highest BCUT2D eigenvalue weighted by molar-refractivity contribution is 5.83. The minimum atomic E-state index is -0.441. The van der Waals surface area contributed by atoms with E-state index in [0.717, 1.165) is 49.4 Å². The maximum Gasteiger partial charge on any atom is 0.161 e. The maximum absolute atomic E-state index is 12.3. The zero-order valence-electron chi connectivity index (χ0n) is 15.3. The summed E-state index contributed by atoms with van der Waals surface area (Å²) in [6, 6.07) is 0. The van der Waals surface area contributed by atoms with E-state index in [-0.39, 0.29) is 23.7 Å². The van der Waals surface area contributed by atoms with Crippen LogP contribution in [0.25, 0.3) is 0 Å². The molecule has 24 heavy (non-hydrogen) atoms. The van der Waals surface area contributed by atoms with Gasteiger partial charge in [-0.2, -0.15) is 0 Å². The predicted octanol–water partition coefficient (Wildman–Crippen LogP) is 3.57. The van der Waals surface area contributed by atoms with Crippen molar-refractivity contribution in [2.24, 2.45) is 40.9 Å². The second kappa shape index (κ2) is 5.81. The van der Waals surface area contributed by atoms with Gasteiger partial charge in [0.15, 0.2) is 5.78 Å². The van der Waals surface area contributed by atoms with Gasteiger partial charge in [0.05, 0.1) is 5.60 Å². The van der Waals surface area contributed by atoms with Gasteiger partial charge in [0.1, 0.15) is 6.61 Å². The first-order valence-electron chi connectivity index (χ1n) is 10.2. The minimum absolute atomic E-state index is 0.0841. The average molecular weight is 335 g/mol. The van der Waals surface area contributed by atoms with Crippen LogP contribution in [-0.4, -0.2) is 28.2 Å². The van der Waals surface area contributed by atoms with E-state index in [1.54, 1.807) is 0 Å². The van der Waals surface area contributed by atoms with Crippen molar-refractivity contribution in [3.05, 3.63) is 0 Å². The molecule has 0 saturated heterocycles. The van der Waals surface area contributed by atoms with Gasteiger partial charge in [-0.15, -0.1) is 0 Å². The Bertz CT molecular complexity index is 513. The highest BCUT2D eigenvalue weighted by atomic mass is 16.3. The average Bonchev–Trinajstić information content (AvgIpc) is 2.90. The van der Waals surface area contributed by atoms with Gasteiger partial charge in [-0.1, -0.05) is 6.92 Å². The maximum atomic E-state index is 12.3. The van der Waals surface area contributed by atoms with Crippen molar-refractivity contribution in [3.8, 4) is 0 Å². The van der Waals surface area contributed by atoms with Crippen LogP contribution in [0.2, 0.25) is 0 Å². The van der Waals surface area contributed by atoms with Gasteiger partial charge in [0, 0.05) is 5.92 Å². The van der Waals surface area contributed by atoms with Gasteiger partial charge < -0.3 is 10.2 Å². The highest BCUT2D eigenvalue weighted by Gasteiger charge is 2.58. The summed E-state index contributed by atoms with van der Waals surface area (Å²) >= 11 is 0. The first-order valence-corrected chi connectivity index (χ1v) is 10.2. The minimum Gasteiger partial charge on any atom is -0.390 e. The fraction of sp³-hybridized carbons (Fsp3) is 0.952. The van der Waals surface area contributed by atoms with E-state index in [1.807, 2.05) is 6.92 Å². The molecule has 4 fully saturated rings. The van der Waals surface area contributed by atoms with E-state index in [0.29, 0.717) is 5.92 Å². The number of carbonyl (C=O) groups is 1. The molecule has 0 amide bonds. The third kappa shape index (κ3) is 2.49. The summed E-state index contributed by atoms with van der Waals surface area (Å²) in [6.07, 6.45) is 10.3. The first-order chi connectivity index (χ1) is 11.4. The van der Waals surface area contributed by atoms with Crippen molar-refractivity contribution in [3.63, 3.8) is 0 Å². The van der Waals surface area contributed by atoms with Gasteiger partial charge in [0.25, 0.3) is 0 Å². The monoisotopic (exact) mass is 334 g/mol. The van der Waals surface area contributed by atoms with Crippen molar-refractivity contribution < 1.29 is 15.0 Å². The van der Waals surface area contributed by atoms with Crippen molar-refractivity contribution in [1.82, 2.24) is 0 Å². The SMILES string of the molecule is C[C@@]1(O)CC[C@H]2[C@H](CC[C@@H]3[C@@H]2CC[C@]2(C)[C@@H](C(=O)CO)CC[C@@H]32)C1. The third-order valence-electron chi connectivity index (χ3n) is 8.78. The molecule has 0 bridgehead atoms. The van der Waals surface area contributed by atoms with Crippen molar-refractivity contribution >= 4 is 5.78 Å². The van der Waals surface area contributed by atoms with Crippen LogP contribution < -0.4 is 0 Å². The molecule has 4 aliphatic rings. The molecule has 8 atom stereocenters. The second-order valence-corrected chi connectivity index (χ2v) is 9.97. The van der Waals surface area contributed by atoms with Gasteiger partial charge in [0.2, 0.25) is 0 Å². The second-order valence-electron chi connectivity index (χ2n) is 9.97. The molecule has 136 valence electrons. The molecule has 0 aromatic rings. The van der Waals surface area contributed by atoms with Crippen LogP contribution in [0.1, 0.15) is 71.6 Å². The van der Waals surface area contributed by atoms with Gasteiger partial charge >= 0.3 is 0 Å². The first kappa shape index (κ1) is 17.0. The Hall–Kier alpha value is -0.410. The van der Waals surface area contributed by atoms with E-state index < -0.39 is 5.60 Å². The lowest BCUT2D eigenvalue weighted by Gasteiger charge is -2.56. The Morgan fingerprint density at radius 2 is 1.71 bits per heavy atom. The molecule has 4 saturated carbocycles. The number of aliphatic hydroxyl groups is 2. The van der Waals surface area contributed by atoms with Crippen LogP contribution in [0.3, 0.4) is 0 Å². The Balaban J connectivity index is 1.54. The quantitative estimate of drug-likeness (QED) is 0.812. The molecule has 0 spiro atoms. The topological polar surface area (TPSA) is 57.5 Å². The molecule has 4 aliphatic carbocycles. The molecular weight excluding hydrogens is 300 g/mol. The van der Waals surface area contributed by atoms with E-state index in [1.165, 1.54) is 32.1 Å². The number of hydrogen-bond donors (Lipinski definition) is 2. The summed E-state index contributed by atoms with van der Waals surface area (Å²) < 4.78 is 0. The van der Waals surface area contributed by atoms with E-state index >= 15 is 0 Å². The van der Waals surface area contributed by atoms with Gasteiger partial charge in [-0.3, -0.25) is 4.79 Å². The lowest BCUT2D eigenvalue weighted by Crippen LogP contribution is -2.51. The smallest absolute Gasteiger partial charge is 0.161 e. The molecule has 0 unspecified atom stereocenters. The molecule has 0 heterocycles. The summed E-state index contributed by atoms with van der Waals surface area (Å²) in [5.74, 6) is 3.99. The summed E-state index contributed by atoms with van der Waals surface area (Å²) in [4.78, 5) is 12.3. The van der Waals surface area contributed by atoms with Crippen LogP contribution in [0.5, 0.6) is 0 Å². The molecule has 3 heteroatoms. The van der Waals surface area contributed by atoms with Crippen molar-refractivity contribution in [2.75, 3.05) is 6.61 Å². The predicted molar refractivity (Wildman–Crippen MR) is 93.3 cm³/mol. The standard InChI is InChI=1S/C21H34O3/c1-20(24)9-7-14-13(11-20)3-4-16-15(14)8-10-21(2)17(16)5-6-18(21)19(23)12-22/h13-18,22,24H,3-12H2,1-2H3/t13-,14+,15-,16-,17+,18-,20-,21+/m1/s1. The highest BCUT2D eigenvalue weighted by Crippen LogP contribution is 2.64. The Morgan fingerprint density at radius 1 is 0.958 bits per heavy atom. The van der Waals surface area contributed by atoms with E-state index in [2.05, 4.69) is 6.92 Å². The van der Waals surface area contributed by atoms with Crippen LogP contribution in [0.4, 0.5) is 0 Å². The molecule has 0 aliphatic heterocycles. The van der Waals surface area contributed by atoms with Crippen LogP contribution in [0.15, 0.2) is 0 Å². The fourth-order valence-corrected chi connectivity index (χ4v) is 7.72. The number of fused-ring (bicyclic) bond motifs is 5. The van der Waals surface area contributed by atoms with Crippen LogP contribution in [0, 0.1) is 40.9 Å². The number of carbonyl (C=O) groups excluding carboxylic acids is 1. The summed E-state index contributed by atoms with van der Waals surface area (Å²) in [5.41, 5.74) is -0.308. The summed E-state index contributed by atoms with van der Waals surface area (Å²) in [7, 11) is 0. The third-order valence-corrected chi connectivity index (χ3v) is 8.78. The molecule has 4 rings (SSSR count). The van der Waals surface area contributed by atoms with Crippen molar-refractivity contribution in [2.45, 2.75) is 77.2 Å². The molecule has 0 aromatic heterocycles. The Kier molecular flexibility index (Phi) is 4.12. The number of ketones is 1. The Morgan fingerprint density at radius 3 is 2.46 bits per heavy atom. The van der Waals surface area contributed by atoms with Crippen LogP contribution in [-0.2, 0) is 4.79 Å². The number of rotatable bonds is 2. The number of aliphatic hydroxyl groups excluding tert-OH is 1. The van der Waals surface area contributed by atoms with E-state index in [4.69, 9.17) is 0 Å². The number of Topliss-reactive ketones (excluding diaryl/α,β-unsaturated/α-hetero) is 1. The van der Waals surface area contributed by atoms with E-state index in [9.17, 15) is 15.0 Å². The van der Waals surface area contributed by atoms with Gasteiger partial charge in [-0.05, 0) is 99.7 Å². The summed E-state index contributed by atoms with van der Waals surface area (Å²) in [5, 5.41) is 19.8. The Labute approximate surface area is 146 Å². The normalized spacial score (nSPS) is 53.8. The van der Waals surface area contributed by atoms with Gasteiger partial charge in [-0.25, -0.2) is 0 Å². The summed E-state index contributed by atoms with van der Waals surface area (Å²) in [6.45, 7) is 4.09. The van der Waals surface area contributed by atoms with Crippen LogP contribution >= 0.6 is 0 Å². The fourth-order valence-electron chi connectivity index (χ4n) is 7.72. The lowest BCUT2D eigenvalue weighted by atomic mass is 9.49. The molecule has 2 N–H and O–H groups in total. The zero-order chi connectivity index (χ0) is 17.1. The molecule has 0 radical (unpaired) electrons. The number of hydrogen-bond acceptors (Lipinski definition) is 3. The largest absolute Gasteiger partial charge is 0.390 e. The molecule has 3 nitrogen and oxygen atoms in total.